The Bertz CT molecular complexity index is 873. The lowest BCUT2D eigenvalue weighted by Crippen LogP contribution is -2.30. The van der Waals surface area contributed by atoms with Crippen molar-refractivity contribution in [3.63, 3.8) is 0 Å². The highest BCUT2D eigenvalue weighted by molar-refractivity contribution is 7.89. The number of nitrogens with one attached hydrogen (secondary N) is 1. The van der Waals surface area contributed by atoms with Crippen molar-refractivity contribution in [2.75, 3.05) is 18.4 Å². The summed E-state index contributed by atoms with van der Waals surface area (Å²) in [6.45, 7) is 8.20. The second kappa shape index (κ2) is 9.01. The number of amides is 1. The molecule has 0 spiro atoms. The zero-order valence-electron chi connectivity index (χ0n) is 16.1. The average Bonchev–Trinajstić information content (AvgIpc) is 2.64. The molecule has 0 atom stereocenters. The number of nitrogens with zero attached hydrogens (tertiary/aromatic N) is 1. The van der Waals surface area contributed by atoms with Gasteiger partial charge in [-0.15, -0.1) is 0 Å². The fraction of sp³-hybridized carbons (Fsp3) is 0.350. The van der Waals surface area contributed by atoms with E-state index in [0.717, 1.165) is 0 Å². The van der Waals surface area contributed by atoms with E-state index in [0.29, 0.717) is 30.1 Å². The summed E-state index contributed by atoms with van der Waals surface area (Å²) in [5.74, 6) is 0.253. The lowest BCUT2D eigenvalue weighted by Gasteiger charge is -2.18. The highest BCUT2D eigenvalue weighted by atomic mass is 32.2. The molecule has 27 heavy (non-hydrogen) atoms. The number of hydrogen-bond acceptors (Lipinski definition) is 4. The van der Waals surface area contributed by atoms with Crippen LogP contribution in [0.4, 0.5) is 5.69 Å². The first-order valence-electron chi connectivity index (χ1n) is 8.96. The van der Waals surface area contributed by atoms with Crippen molar-refractivity contribution in [1.82, 2.24) is 4.31 Å². The van der Waals surface area contributed by atoms with Gasteiger partial charge in [-0.1, -0.05) is 26.0 Å². The zero-order valence-corrected chi connectivity index (χ0v) is 16.9. The first-order chi connectivity index (χ1) is 12.8. The number of ether oxygens (including phenoxy) is 1. The van der Waals surface area contributed by atoms with E-state index in [1.807, 2.05) is 26.0 Å². The van der Waals surface area contributed by atoms with Crippen molar-refractivity contribution in [3.8, 4) is 5.75 Å². The van der Waals surface area contributed by atoms with E-state index in [1.54, 1.807) is 26.0 Å². The van der Waals surface area contributed by atoms with E-state index < -0.39 is 10.0 Å². The van der Waals surface area contributed by atoms with E-state index >= 15 is 0 Å². The van der Waals surface area contributed by atoms with Crippen molar-refractivity contribution < 1.29 is 17.9 Å². The van der Waals surface area contributed by atoms with Crippen molar-refractivity contribution in [2.24, 2.45) is 0 Å². The number of para-hydroxylation sites is 2. The topological polar surface area (TPSA) is 75.7 Å². The Morgan fingerprint density at radius 1 is 1.04 bits per heavy atom. The van der Waals surface area contributed by atoms with Crippen LogP contribution in [0.15, 0.2) is 53.4 Å². The van der Waals surface area contributed by atoms with E-state index in [-0.39, 0.29) is 16.9 Å². The number of hydrogen-bond donors (Lipinski definition) is 1. The van der Waals surface area contributed by atoms with Crippen LogP contribution >= 0.6 is 0 Å². The Morgan fingerprint density at radius 3 is 2.19 bits per heavy atom. The number of sulfonamides is 1. The van der Waals surface area contributed by atoms with Crippen LogP contribution < -0.4 is 10.1 Å². The monoisotopic (exact) mass is 390 g/mol. The molecule has 2 aromatic rings. The van der Waals surface area contributed by atoms with Gasteiger partial charge in [0.2, 0.25) is 10.0 Å². The van der Waals surface area contributed by atoms with E-state index in [2.05, 4.69) is 5.32 Å². The van der Waals surface area contributed by atoms with Crippen LogP contribution in [-0.4, -0.2) is 37.8 Å². The number of carbonyl (C=O) groups is 1. The van der Waals surface area contributed by atoms with Gasteiger partial charge in [0, 0.05) is 18.7 Å². The summed E-state index contributed by atoms with van der Waals surface area (Å²) < 4.78 is 32.1. The van der Waals surface area contributed by atoms with Gasteiger partial charge in [-0.3, -0.25) is 4.79 Å². The third kappa shape index (κ3) is 5.08. The van der Waals surface area contributed by atoms with Gasteiger partial charge >= 0.3 is 0 Å². The Hall–Kier alpha value is -2.38. The molecule has 0 heterocycles. The lowest BCUT2D eigenvalue weighted by atomic mass is 10.2. The molecule has 1 amide bonds. The Morgan fingerprint density at radius 2 is 1.63 bits per heavy atom. The predicted octanol–water partition coefficient (Wildman–Crippen LogP) is 3.76. The van der Waals surface area contributed by atoms with Gasteiger partial charge in [0.05, 0.1) is 16.7 Å². The fourth-order valence-corrected chi connectivity index (χ4v) is 4.07. The van der Waals surface area contributed by atoms with Gasteiger partial charge < -0.3 is 10.1 Å². The summed E-state index contributed by atoms with van der Waals surface area (Å²) in [6.07, 6.45) is -0.0207. The van der Waals surface area contributed by atoms with Crippen LogP contribution in [0, 0.1) is 0 Å². The maximum atomic E-state index is 12.5. The Labute approximate surface area is 161 Å². The van der Waals surface area contributed by atoms with E-state index in [1.165, 1.54) is 28.6 Å². The molecule has 0 radical (unpaired) electrons. The first-order valence-corrected chi connectivity index (χ1v) is 10.4. The van der Waals surface area contributed by atoms with Gasteiger partial charge in [-0.2, -0.15) is 4.31 Å². The molecule has 0 aliphatic carbocycles. The predicted molar refractivity (Wildman–Crippen MR) is 107 cm³/mol. The first kappa shape index (κ1) is 20.9. The average molecular weight is 391 g/mol. The van der Waals surface area contributed by atoms with Gasteiger partial charge in [0.1, 0.15) is 5.75 Å². The van der Waals surface area contributed by atoms with Crippen LogP contribution in [0.3, 0.4) is 0 Å². The van der Waals surface area contributed by atoms with Gasteiger partial charge in [-0.25, -0.2) is 8.42 Å². The summed E-state index contributed by atoms with van der Waals surface area (Å²) in [5.41, 5.74) is 0.934. The summed E-state index contributed by atoms with van der Waals surface area (Å²) >= 11 is 0. The van der Waals surface area contributed by atoms with Crippen LogP contribution in [0.1, 0.15) is 38.1 Å². The molecule has 6 nitrogen and oxygen atoms in total. The Kier molecular flexibility index (Phi) is 6.98. The maximum absolute atomic E-state index is 12.5. The number of benzene rings is 2. The molecule has 0 unspecified atom stereocenters. The van der Waals surface area contributed by atoms with Crippen LogP contribution in [0.2, 0.25) is 0 Å². The van der Waals surface area contributed by atoms with Gasteiger partial charge in [0.15, 0.2) is 0 Å². The lowest BCUT2D eigenvalue weighted by molar-refractivity contribution is 0.102. The van der Waals surface area contributed by atoms with Gasteiger partial charge in [-0.05, 0) is 50.2 Å². The molecule has 0 aliphatic heterocycles. The molecule has 0 saturated carbocycles. The molecule has 0 aromatic heterocycles. The normalized spacial score (nSPS) is 11.6. The molecule has 7 heteroatoms. The van der Waals surface area contributed by atoms with Crippen molar-refractivity contribution in [2.45, 2.75) is 38.7 Å². The van der Waals surface area contributed by atoms with Gasteiger partial charge in [0.25, 0.3) is 5.91 Å². The number of rotatable bonds is 8. The second-order valence-electron chi connectivity index (χ2n) is 6.23. The quantitative estimate of drug-likeness (QED) is 0.745. The summed E-state index contributed by atoms with van der Waals surface area (Å²) in [5, 5.41) is 2.81. The molecule has 0 aliphatic rings. The third-order valence-electron chi connectivity index (χ3n) is 3.96. The molecule has 2 rings (SSSR count). The highest BCUT2D eigenvalue weighted by Crippen LogP contribution is 2.25. The smallest absolute Gasteiger partial charge is 0.255 e. The minimum Gasteiger partial charge on any atom is -0.489 e. The fourth-order valence-electron chi connectivity index (χ4n) is 2.61. The highest BCUT2D eigenvalue weighted by Gasteiger charge is 2.21. The van der Waals surface area contributed by atoms with Crippen molar-refractivity contribution >= 4 is 21.6 Å². The zero-order chi connectivity index (χ0) is 20.0. The van der Waals surface area contributed by atoms with Crippen LogP contribution in [-0.2, 0) is 10.0 Å². The van der Waals surface area contributed by atoms with Crippen molar-refractivity contribution in [3.05, 3.63) is 54.1 Å². The van der Waals surface area contributed by atoms with E-state index in [4.69, 9.17) is 4.74 Å². The Balaban J connectivity index is 2.20. The SMILES string of the molecule is CCN(CC)S(=O)(=O)c1ccc(C(=O)Nc2ccccc2OC(C)C)cc1. The third-order valence-corrected chi connectivity index (χ3v) is 6.02. The molecule has 0 bridgehead atoms. The second-order valence-corrected chi connectivity index (χ2v) is 8.17. The maximum Gasteiger partial charge on any atom is 0.255 e. The minimum atomic E-state index is -3.54. The summed E-state index contributed by atoms with van der Waals surface area (Å²) in [6, 6.07) is 13.1. The largest absolute Gasteiger partial charge is 0.489 e. The number of carbonyl (C=O) groups excluding carboxylic acids is 1. The molecular formula is C20H26N2O4S. The van der Waals surface area contributed by atoms with E-state index in [9.17, 15) is 13.2 Å². The summed E-state index contributed by atoms with van der Waals surface area (Å²) in [7, 11) is -3.54. The number of anilines is 1. The molecule has 146 valence electrons. The molecular weight excluding hydrogens is 364 g/mol. The van der Waals surface area contributed by atoms with Crippen molar-refractivity contribution in [1.29, 1.82) is 0 Å². The molecule has 2 aromatic carbocycles. The standard InChI is InChI=1S/C20H26N2O4S/c1-5-22(6-2)27(24,25)17-13-11-16(12-14-17)20(23)21-18-9-7-8-10-19(18)26-15(3)4/h7-15H,5-6H2,1-4H3,(H,21,23). The van der Waals surface area contributed by atoms with Crippen LogP contribution in [0.25, 0.3) is 0 Å². The molecule has 0 fully saturated rings. The van der Waals surface area contributed by atoms with Crippen LogP contribution in [0.5, 0.6) is 5.75 Å². The summed E-state index contributed by atoms with van der Waals surface area (Å²) in [4.78, 5) is 12.7. The minimum absolute atomic E-state index is 0.0207. The molecule has 0 saturated heterocycles. The molecule has 1 N–H and O–H groups in total.